The third-order valence-electron chi connectivity index (χ3n) is 3.67. The summed E-state index contributed by atoms with van der Waals surface area (Å²) in [6.45, 7) is 1.91. The highest BCUT2D eigenvalue weighted by Crippen LogP contribution is 2.21. The summed E-state index contributed by atoms with van der Waals surface area (Å²) in [4.78, 5) is 24.1. The maximum atomic E-state index is 12.0. The molecule has 1 unspecified atom stereocenters. The smallest absolute Gasteiger partial charge is 0.323 e. The Morgan fingerprint density at radius 3 is 2.70 bits per heavy atom. The number of nitrogens with one attached hydrogen (secondary N) is 1. The number of urea groups is 1. The van der Waals surface area contributed by atoms with Crippen molar-refractivity contribution in [3.8, 4) is 0 Å². The first-order valence-electron chi connectivity index (χ1n) is 6.94. The summed E-state index contributed by atoms with van der Waals surface area (Å²) < 4.78 is 0. The van der Waals surface area contributed by atoms with Gasteiger partial charge in [0.1, 0.15) is 6.54 Å². The van der Waals surface area contributed by atoms with Gasteiger partial charge in [-0.1, -0.05) is 24.3 Å². The van der Waals surface area contributed by atoms with E-state index in [1.165, 1.54) is 16.0 Å². The minimum absolute atomic E-state index is 0.0836. The maximum absolute atomic E-state index is 12.0. The van der Waals surface area contributed by atoms with E-state index in [2.05, 4.69) is 17.4 Å². The Morgan fingerprint density at radius 2 is 2.05 bits per heavy atom. The number of rotatable bonds is 4. The number of carbonyl (C=O) groups excluding carboxylic acids is 1. The molecular formula is C15H20N2O3. The Bertz CT molecular complexity index is 502. The van der Waals surface area contributed by atoms with Gasteiger partial charge < -0.3 is 15.3 Å². The van der Waals surface area contributed by atoms with E-state index in [1.807, 2.05) is 12.1 Å². The van der Waals surface area contributed by atoms with Gasteiger partial charge in [-0.05, 0) is 37.3 Å². The van der Waals surface area contributed by atoms with Gasteiger partial charge in [-0.3, -0.25) is 4.79 Å². The lowest BCUT2D eigenvalue weighted by Gasteiger charge is -2.28. The van der Waals surface area contributed by atoms with E-state index in [0.717, 1.165) is 19.3 Å². The molecule has 0 saturated heterocycles. The van der Waals surface area contributed by atoms with Crippen molar-refractivity contribution in [2.24, 2.45) is 0 Å². The molecule has 5 heteroatoms. The van der Waals surface area contributed by atoms with Gasteiger partial charge in [0.05, 0.1) is 0 Å². The highest BCUT2D eigenvalue weighted by Gasteiger charge is 2.22. The number of hydrogen-bond donors (Lipinski definition) is 2. The molecule has 2 N–H and O–H groups in total. The van der Waals surface area contributed by atoms with E-state index < -0.39 is 5.97 Å². The topological polar surface area (TPSA) is 69.6 Å². The van der Waals surface area contributed by atoms with Crippen molar-refractivity contribution in [3.05, 3.63) is 35.4 Å². The molecule has 1 atom stereocenters. The van der Waals surface area contributed by atoms with Crippen molar-refractivity contribution in [2.75, 3.05) is 13.1 Å². The van der Waals surface area contributed by atoms with Crippen molar-refractivity contribution in [1.29, 1.82) is 0 Å². The van der Waals surface area contributed by atoms with Crippen LogP contribution in [0.4, 0.5) is 4.79 Å². The molecule has 1 aliphatic rings. The lowest BCUT2D eigenvalue weighted by Crippen LogP contribution is -2.48. The van der Waals surface area contributed by atoms with Gasteiger partial charge >= 0.3 is 12.0 Å². The highest BCUT2D eigenvalue weighted by molar-refractivity contribution is 5.80. The van der Waals surface area contributed by atoms with Gasteiger partial charge in [-0.2, -0.15) is 0 Å². The Balaban J connectivity index is 1.94. The predicted molar refractivity (Wildman–Crippen MR) is 75.7 cm³/mol. The first-order valence-corrected chi connectivity index (χ1v) is 6.94. The van der Waals surface area contributed by atoms with Crippen molar-refractivity contribution < 1.29 is 14.7 Å². The monoisotopic (exact) mass is 276 g/mol. The molecule has 0 saturated carbocycles. The zero-order valence-corrected chi connectivity index (χ0v) is 11.6. The molecule has 2 amide bonds. The summed E-state index contributed by atoms with van der Waals surface area (Å²) in [5, 5.41) is 11.7. The molecule has 1 aromatic rings. The Hall–Kier alpha value is -2.04. The molecule has 5 nitrogen and oxygen atoms in total. The second-order valence-corrected chi connectivity index (χ2v) is 5.07. The minimum Gasteiger partial charge on any atom is -0.480 e. The van der Waals surface area contributed by atoms with Gasteiger partial charge in [-0.25, -0.2) is 4.79 Å². The summed E-state index contributed by atoms with van der Waals surface area (Å²) >= 11 is 0. The number of carboxylic acids is 1. The average Bonchev–Trinajstić information content (AvgIpc) is 2.44. The van der Waals surface area contributed by atoms with E-state index in [0.29, 0.717) is 6.54 Å². The van der Waals surface area contributed by atoms with Crippen LogP contribution in [-0.4, -0.2) is 41.1 Å². The molecule has 0 spiro atoms. The largest absolute Gasteiger partial charge is 0.480 e. The molecule has 20 heavy (non-hydrogen) atoms. The summed E-state index contributed by atoms with van der Waals surface area (Å²) in [7, 11) is 0. The molecule has 1 aliphatic carbocycles. The quantitative estimate of drug-likeness (QED) is 0.878. The fraction of sp³-hybridized carbons (Fsp3) is 0.467. The number of aliphatic carboxylic acids is 1. The number of benzene rings is 1. The van der Waals surface area contributed by atoms with Crippen LogP contribution in [0.2, 0.25) is 0 Å². The zero-order chi connectivity index (χ0) is 14.5. The molecule has 0 aromatic heterocycles. The lowest BCUT2D eigenvalue weighted by molar-refractivity contribution is -0.137. The molecule has 0 radical (unpaired) electrons. The van der Waals surface area contributed by atoms with E-state index in [-0.39, 0.29) is 18.6 Å². The third kappa shape index (κ3) is 3.50. The zero-order valence-electron chi connectivity index (χ0n) is 11.6. The number of nitrogens with zero attached hydrogens (tertiary/aromatic N) is 1. The first-order chi connectivity index (χ1) is 9.60. The second-order valence-electron chi connectivity index (χ2n) is 5.07. The highest BCUT2D eigenvalue weighted by atomic mass is 16.4. The fourth-order valence-electron chi connectivity index (χ4n) is 2.58. The SMILES string of the molecule is CCN(CC(=O)O)C(=O)NC1CCc2ccccc2C1. The number of carbonyl (C=O) groups is 2. The number of hydrogen-bond acceptors (Lipinski definition) is 2. The van der Waals surface area contributed by atoms with Gasteiger partial charge in [0.2, 0.25) is 0 Å². The maximum Gasteiger partial charge on any atom is 0.323 e. The normalized spacial score (nSPS) is 17.1. The van der Waals surface area contributed by atoms with Crippen LogP contribution >= 0.6 is 0 Å². The molecular weight excluding hydrogens is 256 g/mol. The molecule has 1 aromatic carbocycles. The lowest BCUT2D eigenvalue weighted by atomic mass is 9.88. The molecule has 0 heterocycles. The van der Waals surface area contributed by atoms with E-state index in [9.17, 15) is 9.59 Å². The third-order valence-corrected chi connectivity index (χ3v) is 3.67. The number of aryl methyl sites for hydroxylation is 1. The molecule has 108 valence electrons. The molecule has 0 fully saturated rings. The number of likely N-dealkylation sites (N-methyl/N-ethyl adjacent to an activating group) is 1. The van der Waals surface area contributed by atoms with E-state index >= 15 is 0 Å². The van der Waals surface area contributed by atoms with Crippen molar-refractivity contribution in [3.63, 3.8) is 0 Å². The molecule has 2 rings (SSSR count). The van der Waals surface area contributed by atoms with E-state index in [4.69, 9.17) is 5.11 Å². The first kappa shape index (κ1) is 14.4. The van der Waals surface area contributed by atoms with E-state index in [1.54, 1.807) is 6.92 Å². The van der Waals surface area contributed by atoms with Crippen LogP contribution in [0.15, 0.2) is 24.3 Å². The summed E-state index contributed by atoms with van der Waals surface area (Å²) in [6.07, 6.45) is 2.66. The van der Waals surface area contributed by atoms with Crippen molar-refractivity contribution in [1.82, 2.24) is 10.2 Å². The fourth-order valence-corrected chi connectivity index (χ4v) is 2.58. The molecule has 0 bridgehead atoms. The van der Waals surface area contributed by atoms with Crippen LogP contribution in [0.25, 0.3) is 0 Å². The predicted octanol–water partition coefficient (Wildman–Crippen LogP) is 1.66. The van der Waals surface area contributed by atoms with Crippen LogP contribution in [0.1, 0.15) is 24.5 Å². The van der Waals surface area contributed by atoms with Gasteiger partial charge in [-0.15, -0.1) is 0 Å². The van der Waals surface area contributed by atoms with Crippen LogP contribution < -0.4 is 5.32 Å². The second kappa shape index (κ2) is 6.41. The van der Waals surface area contributed by atoms with Crippen molar-refractivity contribution in [2.45, 2.75) is 32.2 Å². The summed E-state index contributed by atoms with van der Waals surface area (Å²) in [5.74, 6) is -0.990. The van der Waals surface area contributed by atoms with Gasteiger partial charge in [0.25, 0.3) is 0 Å². The minimum atomic E-state index is -0.990. The Kier molecular flexibility index (Phi) is 4.61. The molecule has 0 aliphatic heterocycles. The number of carboxylic acid groups (broad SMARTS) is 1. The summed E-state index contributed by atoms with van der Waals surface area (Å²) in [5.41, 5.74) is 2.61. The van der Waals surface area contributed by atoms with Crippen molar-refractivity contribution >= 4 is 12.0 Å². The van der Waals surface area contributed by atoms with Gasteiger partial charge in [0.15, 0.2) is 0 Å². The van der Waals surface area contributed by atoms with Crippen LogP contribution in [0.5, 0.6) is 0 Å². The van der Waals surface area contributed by atoms with Gasteiger partial charge in [0, 0.05) is 12.6 Å². The Morgan fingerprint density at radius 1 is 1.35 bits per heavy atom. The van der Waals surface area contributed by atoms with Crippen LogP contribution in [0.3, 0.4) is 0 Å². The van der Waals surface area contributed by atoms with Crippen LogP contribution in [0, 0.1) is 0 Å². The number of fused-ring (bicyclic) bond motifs is 1. The van der Waals surface area contributed by atoms with Crippen LogP contribution in [-0.2, 0) is 17.6 Å². The average molecular weight is 276 g/mol. The summed E-state index contributed by atoms with van der Waals surface area (Å²) in [6, 6.07) is 8.04. The Labute approximate surface area is 118 Å². The number of amides is 2. The standard InChI is InChI=1S/C15H20N2O3/c1-2-17(10-14(18)19)15(20)16-13-8-7-11-5-3-4-6-12(11)9-13/h3-6,13H,2,7-10H2,1H3,(H,16,20)(H,18,19).